The fourth-order valence-corrected chi connectivity index (χ4v) is 2.08. The van der Waals surface area contributed by atoms with Crippen molar-refractivity contribution in [2.45, 2.75) is 25.9 Å². The zero-order chi connectivity index (χ0) is 13.3. The van der Waals surface area contributed by atoms with Crippen LogP contribution in [0.2, 0.25) is 0 Å². The molecule has 0 saturated carbocycles. The van der Waals surface area contributed by atoms with Gasteiger partial charge in [0.15, 0.2) is 0 Å². The SMILES string of the molecule is CC(NC(C)c1nc2ccccc2n1C)C(N)=O. The number of primary amides is 1. The lowest BCUT2D eigenvalue weighted by Crippen LogP contribution is -2.40. The Kier molecular flexibility index (Phi) is 3.34. The maximum absolute atomic E-state index is 11.1. The molecule has 1 heterocycles. The molecule has 0 aliphatic carbocycles. The quantitative estimate of drug-likeness (QED) is 0.848. The van der Waals surface area contributed by atoms with Gasteiger partial charge in [-0.05, 0) is 26.0 Å². The molecule has 18 heavy (non-hydrogen) atoms. The Balaban J connectivity index is 2.30. The molecule has 5 heteroatoms. The second-order valence-electron chi connectivity index (χ2n) is 4.53. The summed E-state index contributed by atoms with van der Waals surface area (Å²) in [6, 6.07) is 7.53. The summed E-state index contributed by atoms with van der Waals surface area (Å²) in [6.45, 7) is 3.72. The maximum Gasteiger partial charge on any atom is 0.234 e. The van der Waals surface area contributed by atoms with Gasteiger partial charge >= 0.3 is 0 Å². The molecule has 2 unspecified atom stereocenters. The van der Waals surface area contributed by atoms with Crippen molar-refractivity contribution in [2.75, 3.05) is 0 Å². The molecular formula is C13H18N4O. The molecule has 0 aliphatic heterocycles. The molecular weight excluding hydrogens is 228 g/mol. The first-order chi connectivity index (χ1) is 8.50. The zero-order valence-electron chi connectivity index (χ0n) is 10.8. The van der Waals surface area contributed by atoms with Crippen molar-refractivity contribution in [1.82, 2.24) is 14.9 Å². The Morgan fingerprint density at radius 3 is 2.67 bits per heavy atom. The predicted molar refractivity (Wildman–Crippen MR) is 70.9 cm³/mol. The van der Waals surface area contributed by atoms with Gasteiger partial charge in [-0.3, -0.25) is 10.1 Å². The van der Waals surface area contributed by atoms with Crippen LogP contribution in [0.4, 0.5) is 0 Å². The lowest BCUT2D eigenvalue weighted by atomic mass is 10.2. The summed E-state index contributed by atoms with van der Waals surface area (Å²) in [6.07, 6.45) is 0. The number of carbonyl (C=O) groups is 1. The van der Waals surface area contributed by atoms with Crippen LogP contribution in [0.15, 0.2) is 24.3 Å². The van der Waals surface area contributed by atoms with E-state index in [0.29, 0.717) is 0 Å². The molecule has 0 spiro atoms. The fraction of sp³-hybridized carbons (Fsp3) is 0.385. The summed E-state index contributed by atoms with van der Waals surface area (Å²) < 4.78 is 2.03. The Morgan fingerprint density at radius 1 is 1.39 bits per heavy atom. The third kappa shape index (κ3) is 2.22. The molecule has 2 aromatic rings. The maximum atomic E-state index is 11.1. The average Bonchev–Trinajstić information content (AvgIpc) is 2.67. The first-order valence-corrected chi connectivity index (χ1v) is 5.97. The van der Waals surface area contributed by atoms with E-state index in [4.69, 9.17) is 5.73 Å². The number of benzene rings is 1. The highest BCUT2D eigenvalue weighted by Crippen LogP contribution is 2.19. The number of amides is 1. The Labute approximate surface area is 106 Å². The van der Waals surface area contributed by atoms with E-state index < -0.39 is 0 Å². The van der Waals surface area contributed by atoms with Crippen molar-refractivity contribution < 1.29 is 4.79 Å². The number of nitrogens with two attached hydrogens (primary N) is 1. The van der Waals surface area contributed by atoms with Crippen LogP contribution < -0.4 is 11.1 Å². The standard InChI is InChI=1S/C13H18N4O/c1-8(12(14)18)15-9(2)13-16-10-6-4-5-7-11(10)17(13)3/h4-9,15H,1-3H3,(H2,14,18). The van der Waals surface area contributed by atoms with Crippen molar-refractivity contribution in [3.8, 4) is 0 Å². The molecule has 0 fully saturated rings. The Hall–Kier alpha value is -1.88. The highest BCUT2D eigenvalue weighted by molar-refractivity contribution is 5.79. The average molecular weight is 246 g/mol. The molecule has 1 amide bonds. The van der Waals surface area contributed by atoms with Gasteiger partial charge in [-0.25, -0.2) is 4.98 Å². The molecule has 0 bridgehead atoms. The molecule has 1 aromatic carbocycles. The summed E-state index contributed by atoms with van der Waals surface area (Å²) in [4.78, 5) is 15.6. The van der Waals surface area contributed by atoms with Gasteiger partial charge in [0.25, 0.3) is 0 Å². The molecule has 1 aromatic heterocycles. The topological polar surface area (TPSA) is 72.9 Å². The van der Waals surface area contributed by atoms with Crippen molar-refractivity contribution in [3.63, 3.8) is 0 Å². The van der Waals surface area contributed by atoms with Crippen molar-refractivity contribution in [2.24, 2.45) is 12.8 Å². The number of aryl methyl sites for hydroxylation is 1. The molecule has 2 rings (SSSR count). The summed E-state index contributed by atoms with van der Waals surface area (Å²) in [7, 11) is 1.97. The third-order valence-corrected chi connectivity index (χ3v) is 3.14. The van der Waals surface area contributed by atoms with Gasteiger partial charge in [0.1, 0.15) is 5.82 Å². The number of hydrogen-bond acceptors (Lipinski definition) is 3. The zero-order valence-corrected chi connectivity index (χ0v) is 10.8. The van der Waals surface area contributed by atoms with Crippen LogP contribution in [0, 0.1) is 0 Å². The highest BCUT2D eigenvalue weighted by atomic mass is 16.1. The second kappa shape index (κ2) is 4.78. The third-order valence-electron chi connectivity index (χ3n) is 3.14. The van der Waals surface area contributed by atoms with Crippen LogP contribution in [0.3, 0.4) is 0 Å². The number of fused-ring (bicyclic) bond motifs is 1. The highest BCUT2D eigenvalue weighted by Gasteiger charge is 2.18. The number of hydrogen-bond donors (Lipinski definition) is 2. The Bertz CT molecular complexity index is 575. The van der Waals surface area contributed by atoms with Gasteiger partial charge in [-0.2, -0.15) is 0 Å². The first kappa shape index (κ1) is 12.6. The van der Waals surface area contributed by atoms with Crippen LogP contribution in [0.5, 0.6) is 0 Å². The number of imidazole rings is 1. The molecule has 5 nitrogen and oxygen atoms in total. The monoisotopic (exact) mass is 246 g/mol. The minimum absolute atomic E-state index is 0.0371. The minimum Gasteiger partial charge on any atom is -0.368 e. The lowest BCUT2D eigenvalue weighted by Gasteiger charge is -2.17. The minimum atomic E-state index is -0.375. The number of para-hydroxylation sites is 2. The number of aromatic nitrogens is 2. The van der Waals surface area contributed by atoms with Gasteiger partial charge in [-0.1, -0.05) is 12.1 Å². The van der Waals surface area contributed by atoms with Crippen LogP contribution in [-0.2, 0) is 11.8 Å². The normalized spacial score (nSPS) is 14.6. The number of nitrogens with zero attached hydrogens (tertiary/aromatic N) is 2. The van der Waals surface area contributed by atoms with Gasteiger partial charge in [0.05, 0.1) is 23.1 Å². The molecule has 0 radical (unpaired) electrons. The van der Waals surface area contributed by atoms with Crippen LogP contribution in [0.25, 0.3) is 11.0 Å². The van der Waals surface area contributed by atoms with E-state index in [-0.39, 0.29) is 18.0 Å². The molecule has 0 saturated heterocycles. The van der Waals surface area contributed by atoms with E-state index >= 15 is 0 Å². The van der Waals surface area contributed by atoms with Gasteiger partial charge in [0.2, 0.25) is 5.91 Å². The summed E-state index contributed by atoms with van der Waals surface area (Å²) in [5.41, 5.74) is 7.28. The van der Waals surface area contributed by atoms with E-state index in [9.17, 15) is 4.79 Å². The molecule has 0 aliphatic rings. The van der Waals surface area contributed by atoms with Gasteiger partial charge in [-0.15, -0.1) is 0 Å². The molecule has 96 valence electrons. The Morgan fingerprint density at radius 2 is 2.06 bits per heavy atom. The predicted octanol–water partition coefficient (Wildman–Crippen LogP) is 1.10. The van der Waals surface area contributed by atoms with Crippen molar-refractivity contribution in [1.29, 1.82) is 0 Å². The summed E-state index contributed by atoms with van der Waals surface area (Å²) in [5, 5.41) is 3.14. The smallest absolute Gasteiger partial charge is 0.234 e. The summed E-state index contributed by atoms with van der Waals surface area (Å²) >= 11 is 0. The second-order valence-corrected chi connectivity index (χ2v) is 4.53. The van der Waals surface area contributed by atoms with Gasteiger partial charge < -0.3 is 10.3 Å². The lowest BCUT2D eigenvalue weighted by molar-refractivity contribution is -0.119. The van der Waals surface area contributed by atoms with Crippen molar-refractivity contribution in [3.05, 3.63) is 30.1 Å². The first-order valence-electron chi connectivity index (χ1n) is 5.97. The summed E-state index contributed by atoms with van der Waals surface area (Å²) in [5.74, 6) is 0.532. The molecule has 3 N–H and O–H groups in total. The largest absolute Gasteiger partial charge is 0.368 e. The number of rotatable bonds is 4. The van der Waals surface area contributed by atoms with E-state index in [1.54, 1.807) is 6.92 Å². The van der Waals surface area contributed by atoms with E-state index in [1.807, 2.05) is 42.8 Å². The van der Waals surface area contributed by atoms with E-state index in [2.05, 4.69) is 10.3 Å². The van der Waals surface area contributed by atoms with Crippen LogP contribution in [-0.4, -0.2) is 21.5 Å². The van der Waals surface area contributed by atoms with Crippen LogP contribution >= 0.6 is 0 Å². The fourth-order valence-electron chi connectivity index (χ4n) is 2.08. The number of nitrogens with one attached hydrogen (secondary N) is 1. The molecule has 2 atom stereocenters. The van der Waals surface area contributed by atoms with Crippen LogP contribution in [0.1, 0.15) is 25.7 Å². The van der Waals surface area contributed by atoms with Gasteiger partial charge in [0, 0.05) is 7.05 Å². The van der Waals surface area contributed by atoms with Crippen molar-refractivity contribution >= 4 is 16.9 Å². The number of carbonyl (C=O) groups excluding carboxylic acids is 1. The van der Waals surface area contributed by atoms with E-state index in [1.165, 1.54) is 0 Å². The van der Waals surface area contributed by atoms with E-state index in [0.717, 1.165) is 16.9 Å².